The zero-order valence-electron chi connectivity index (χ0n) is 9.30. The molecular formula is C13H7BrClF3O. The summed E-state index contributed by atoms with van der Waals surface area (Å²) in [5, 5.41) is 10.1. The van der Waals surface area contributed by atoms with Gasteiger partial charge in [0.1, 0.15) is 23.6 Å². The van der Waals surface area contributed by atoms with Crippen LogP contribution >= 0.6 is 27.5 Å². The summed E-state index contributed by atoms with van der Waals surface area (Å²) in [7, 11) is 0. The summed E-state index contributed by atoms with van der Waals surface area (Å²) >= 11 is 8.46. The lowest BCUT2D eigenvalue weighted by atomic mass is 10.00. The van der Waals surface area contributed by atoms with E-state index in [0.717, 1.165) is 12.1 Å². The molecule has 0 aliphatic carbocycles. The zero-order chi connectivity index (χ0) is 14.2. The molecule has 0 saturated heterocycles. The molecule has 2 aromatic rings. The highest BCUT2D eigenvalue weighted by Gasteiger charge is 2.24. The summed E-state index contributed by atoms with van der Waals surface area (Å²) in [4.78, 5) is 0. The van der Waals surface area contributed by atoms with Gasteiger partial charge in [0.2, 0.25) is 0 Å². The van der Waals surface area contributed by atoms with Gasteiger partial charge in [-0.2, -0.15) is 0 Å². The van der Waals surface area contributed by atoms with Crippen LogP contribution in [0.2, 0.25) is 5.02 Å². The van der Waals surface area contributed by atoms with Crippen molar-refractivity contribution < 1.29 is 18.3 Å². The average Bonchev–Trinajstić information content (AvgIpc) is 2.34. The standard InChI is InChI=1S/C13H7BrClF3O/c14-8-3-4-9(16)11(12(8)18)13(19)7-2-1-6(15)5-10(7)17/h1-5,13,19H. The van der Waals surface area contributed by atoms with Crippen molar-refractivity contribution in [1.29, 1.82) is 0 Å². The van der Waals surface area contributed by atoms with Gasteiger partial charge in [0.25, 0.3) is 0 Å². The number of halogens is 5. The third-order valence-electron chi connectivity index (χ3n) is 2.61. The maximum Gasteiger partial charge on any atom is 0.146 e. The highest BCUT2D eigenvalue weighted by Crippen LogP contribution is 2.32. The number of benzene rings is 2. The normalized spacial score (nSPS) is 12.5. The molecule has 0 aliphatic rings. The van der Waals surface area contributed by atoms with E-state index in [-0.39, 0.29) is 15.1 Å². The van der Waals surface area contributed by atoms with E-state index in [1.807, 2.05) is 0 Å². The Balaban J connectivity index is 2.56. The molecule has 0 spiro atoms. The van der Waals surface area contributed by atoms with Gasteiger partial charge in [-0.25, -0.2) is 13.2 Å². The fraction of sp³-hybridized carbons (Fsp3) is 0.0769. The molecule has 0 aromatic heterocycles. The van der Waals surface area contributed by atoms with Gasteiger partial charge in [-0.05, 0) is 40.2 Å². The fourth-order valence-corrected chi connectivity index (χ4v) is 2.18. The van der Waals surface area contributed by atoms with Gasteiger partial charge < -0.3 is 5.11 Å². The van der Waals surface area contributed by atoms with Crippen LogP contribution in [0.1, 0.15) is 17.2 Å². The third kappa shape index (κ3) is 2.78. The topological polar surface area (TPSA) is 20.2 Å². The molecule has 0 saturated carbocycles. The minimum absolute atomic E-state index is 0.0164. The number of rotatable bonds is 2. The van der Waals surface area contributed by atoms with E-state index in [4.69, 9.17) is 11.6 Å². The van der Waals surface area contributed by atoms with Crippen LogP contribution in [0.15, 0.2) is 34.8 Å². The monoisotopic (exact) mass is 350 g/mol. The first-order chi connectivity index (χ1) is 8.91. The Morgan fingerprint density at radius 3 is 2.37 bits per heavy atom. The predicted molar refractivity (Wildman–Crippen MR) is 69.5 cm³/mol. The van der Waals surface area contributed by atoms with E-state index < -0.39 is 29.1 Å². The molecule has 19 heavy (non-hydrogen) atoms. The maximum absolute atomic E-state index is 13.8. The van der Waals surface area contributed by atoms with Crippen LogP contribution in [0.4, 0.5) is 13.2 Å². The molecule has 1 unspecified atom stereocenters. The van der Waals surface area contributed by atoms with Crippen LogP contribution in [0, 0.1) is 17.5 Å². The van der Waals surface area contributed by atoms with Crippen molar-refractivity contribution in [2.24, 2.45) is 0 Å². The van der Waals surface area contributed by atoms with Gasteiger partial charge in [0, 0.05) is 10.6 Å². The molecule has 0 heterocycles. The highest BCUT2D eigenvalue weighted by molar-refractivity contribution is 9.10. The first-order valence-corrected chi connectivity index (χ1v) is 6.35. The van der Waals surface area contributed by atoms with Crippen molar-refractivity contribution in [1.82, 2.24) is 0 Å². The lowest BCUT2D eigenvalue weighted by Gasteiger charge is -2.15. The Hall–Kier alpha value is -1.04. The molecule has 2 rings (SSSR count). The summed E-state index contributed by atoms with van der Waals surface area (Å²) < 4.78 is 41.1. The van der Waals surface area contributed by atoms with E-state index in [9.17, 15) is 18.3 Å². The number of hydrogen-bond acceptors (Lipinski definition) is 1. The summed E-state index contributed by atoms with van der Waals surface area (Å²) in [6, 6.07) is 5.63. The number of aliphatic hydroxyl groups excluding tert-OH is 1. The largest absolute Gasteiger partial charge is 0.383 e. The van der Waals surface area contributed by atoms with Crippen molar-refractivity contribution in [3.8, 4) is 0 Å². The fourth-order valence-electron chi connectivity index (χ4n) is 1.67. The van der Waals surface area contributed by atoms with Crippen molar-refractivity contribution in [3.63, 3.8) is 0 Å². The Labute approximate surface area is 120 Å². The molecule has 2 aromatic carbocycles. The van der Waals surface area contributed by atoms with Crippen LogP contribution in [-0.4, -0.2) is 5.11 Å². The molecule has 1 atom stereocenters. The molecule has 0 fully saturated rings. The smallest absolute Gasteiger partial charge is 0.146 e. The molecule has 0 radical (unpaired) electrons. The Morgan fingerprint density at radius 2 is 1.74 bits per heavy atom. The second kappa shape index (κ2) is 5.53. The van der Waals surface area contributed by atoms with Crippen molar-refractivity contribution >= 4 is 27.5 Å². The first kappa shape index (κ1) is 14.4. The molecule has 0 aliphatic heterocycles. The summed E-state index contributed by atoms with van der Waals surface area (Å²) in [5.74, 6) is -2.76. The van der Waals surface area contributed by atoms with Crippen molar-refractivity contribution in [2.45, 2.75) is 6.10 Å². The van der Waals surface area contributed by atoms with E-state index in [1.165, 1.54) is 18.2 Å². The number of hydrogen-bond donors (Lipinski definition) is 1. The molecular weight excluding hydrogens is 344 g/mol. The second-order valence-electron chi connectivity index (χ2n) is 3.83. The molecule has 0 amide bonds. The predicted octanol–water partition coefficient (Wildman–Crippen LogP) is 4.60. The van der Waals surface area contributed by atoms with E-state index >= 15 is 0 Å². The lowest BCUT2D eigenvalue weighted by Crippen LogP contribution is -2.08. The molecule has 0 bridgehead atoms. The number of aliphatic hydroxyl groups is 1. The molecule has 6 heteroatoms. The van der Waals surface area contributed by atoms with Crippen molar-refractivity contribution in [2.75, 3.05) is 0 Å². The van der Waals surface area contributed by atoms with Gasteiger partial charge >= 0.3 is 0 Å². The van der Waals surface area contributed by atoms with Gasteiger partial charge in [0.05, 0.1) is 10.0 Å². The summed E-state index contributed by atoms with van der Waals surface area (Å²) in [6.45, 7) is 0. The van der Waals surface area contributed by atoms with Crippen LogP contribution in [0.5, 0.6) is 0 Å². The zero-order valence-corrected chi connectivity index (χ0v) is 11.6. The molecule has 1 nitrogen and oxygen atoms in total. The van der Waals surface area contributed by atoms with Gasteiger partial charge in [-0.1, -0.05) is 17.7 Å². The van der Waals surface area contributed by atoms with E-state index in [2.05, 4.69) is 15.9 Å². The average molecular weight is 352 g/mol. The van der Waals surface area contributed by atoms with E-state index in [1.54, 1.807) is 0 Å². The third-order valence-corrected chi connectivity index (χ3v) is 3.46. The quantitative estimate of drug-likeness (QED) is 0.784. The van der Waals surface area contributed by atoms with Crippen LogP contribution in [-0.2, 0) is 0 Å². The van der Waals surface area contributed by atoms with Crippen LogP contribution in [0.25, 0.3) is 0 Å². The SMILES string of the molecule is OC(c1ccc(Cl)cc1F)c1c(F)ccc(Br)c1F. The maximum atomic E-state index is 13.8. The molecule has 100 valence electrons. The minimum atomic E-state index is -1.75. The van der Waals surface area contributed by atoms with Crippen molar-refractivity contribution in [3.05, 3.63) is 68.4 Å². The van der Waals surface area contributed by atoms with E-state index in [0.29, 0.717) is 0 Å². The van der Waals surface area contributed by atoms with Crippen LogP contribution in [0.3, 0.4) is 0 Å². The Morgan fingerprint density at radius 1 is 1.05 bits per heavy atom. The van der Waals surface area contributed by atoms with Gasteiger partial charge in [0.15, 0.2) is 0 Å². The van der Waals surface area contributed by atoms with Crippen LogP contribution < -0.4 is 0 Å². The summed E-state index contributed by atoms with van der Waals surface area (Å²) in [5.41, 5.74) is -0.865. The molecule has 1 N–H and O–H groups in total. The minimum Gasteiger partial charge on any atom is -0.383 e. The van der Waals surface area contributed by atoms with Gasteiger partial charge in [-0.3, -0.25) is 0 Å². The Bertz CT molecular complexity index is 634. The summed E-state index contributed by atoms with van der Waals surface area (Å²) in [6.07, 6.45) is -1.75. The second-order valence-corrected chi connectivity index (χ2v) is 5.12. The Kier molecular flexibility index (Phi) is 4.18. The van der Waals surface area contributed by atoms with Gasteiger partial charge in [-0.15, -0.1) is 0 Å². The lowest BCUT2D eigenvalue weighted by molar-refractivity contribution is 0.204. The highest BCUT2D eigenvalue weighted by atomic mass is 79.9. The first-order valence-electron chi connectivity index (χ1n) is 5.18.